The van der Waals surface area contributed by atoms with E-state index in [4.69, 9.17) is 10.5 Å². The average Bonchev–Trinajstić information content (AvgIpc) is 2.61. The van der Waals surface area contributed by atoms with Gasteiger partial charge in [-0.15, -0.1) is 0 Å². The van der Waals surface area contributed by atoms with Gasteiger partial charge in [0.15, 0.2) is 0 Å². The quantitative estimate of drug-likeness (QED) is 0.740. The van der Waals surface area contributed by atoms with Crippen molar-refractivity contribution in [2.45, 2.75) is 6.42 Å². The van der Waals surface area contributed by atoms with E-state index < -0.39 is 0 Å². The third kappa shape index (κ3) is 1.73. The number of hydrogen-bond acceptors (Lipinski definition) is 2. The molecule has 0 radical (unpaired) electrons. The summed E-state index contributed by atoms with van der Waals surface area (Å²) in [5, 5.41) is 0. The summed E-state index contributed by atoms with van der Waals surface area (Å²) in [5.74, 6) is 1.03. The van der Waals surface area contributed by atoms with E-state index in [0.717, 1.165) is 18.8 Å². The molecule has 2 nitrogen and oxygen atoms in total. The minimum atomic E-state index is 0.591. The Bertz CT molecular complexity index is 331. The summed E-state index contributed by atoms with van der Waals surface area (Å²) in [5.41, 5.74) is 7.89. The van der Waals surface area contributed by atoms with Crippen LogP contribution < -0.4 is 10.5 Å². The van der Waals surface area contributed by atoms with Crippen LogP contribution >= 0.6 is 0 Å². The highest BCUT2D eigenvalue weighted by atomic mass is 16.5. The Hall–Kier alpha value is -1.28. The van der Waals surface area contributed by atoms with Gasteiger partial charge in [-0.1, -0.05) is 18.2 Å². The van der Waals surface area contributed by atoms with E-state index >= 15 is 0 Å². The first-order valence-corrected chi connectivity index (χ1v) is 4.52. The molecule has 0 fully saturated rings. The Morgan fingerprint density at radius 3 is 3.23 bits per heavy atom. The van der Waals surface area contributed by atoms with Crippen LogP contribution in [-0.2, 0) is 6.42 Å². The highest BCUT2D eigenvalue weighted by Crippen LogP contribution is 2.26. The molecule has 0 spiro atoms. The van der Waals surface area contributed by atoms with Crippen LogP contribution in [0.25, 0.3) is 6.08 Å². The zero-order valence-corrected chi connectivity index (χ0v) is 7.49. The molecule has 68 valence electrons. The third-order valence-corrected chi connectivity index (χ3v) is 2.16. The fourth-order valence-corrected chi connectivity index (χ4v) is 1.51. The van der Waals surface area contributed by atoms with Crippen molar-refractivity contribution in [2.75, 3.05) is 13.2 Å². The molecule has 1 aromatic carbocycles. The second kappa shape index (κ2) is 3.62. The summed E-state index contributed by atoms with van der Waals surface area (Å²) in [6.07, 6.45) is 5.02. The summed E-state index contributed by atoms with van der Waals surface area (Å²) in [7, 11) is 0. The molecule has 0 bridgehead atoms. The highest BCUT2D eigenvalue weighted by molar-refractivity contribution is 5.54. The van der Waals surface area contributed by atoms with Gasteiger partial charge in [-0.2, -0.15) is 0 Å². The second-order valence-corrected chi connectivity index (χ2v) is 3.10. The van der Waals surface area contributed by atoms with Gasteiger partial charge in [0, 0.05) is 13.0 Å². The van der Waals surface area contributed by atoms with E-state index in [1.165, 1.54) is 11.1 Å². The van der Waals surface area contributed by atoms with E-state index in [1.54, 1.807) is 0 Å². The van der Waals surface area contributed by atoms with Crippen molar-refractivity contribution < 1.29 is 4.74 Å². The SMILES string of the molecule is NCC=Cc1ccc2c(c1)CCO2. The topological polar surface area (TPSA) is 35.2 Å². The Morgan fingerprint density at radius 2 is 2.38 bits per heavy atom. The van der Waals surface area contributed by atoms with Crippen LogP contribution in [0.2, 0.25) is 0 Å². The molecule has 1 heterocycles. The maximum atomic E-state index is 5.41. The molecular weight excluding hydrogens is 162 g/mol. The van der Waals surface area contributed by atoms with Crippen molar-refractivity contribution in [3.8, 4) is 5.75 Å². The van der Waals surface area contributed by atoms with E-state index in [-0.39, 0.29) is 0 Å². The predicted molar refractivity (Wildman–Crippen MR) is 53.7 cm³/mol. The van der Waals surface area contributed by atoms with Crippen molar-refractivity contribution in [3.05, 3.63) is 35.4 Å². The molecule has 0 amide bonds. The number of rotatable bonds is 2. The first-order valence-electron chi connectivity index (χ1n) is 4.52. The summed E-state index contributed by atoms with van der Waals surface area (Å²) in [6, 6.07) is 6.24. The molecule has 1 aliphatic rings. The number of nitrogens with two attached hydrogens (primary N) is 1. The van der Waals surface area contributed by atoms with Gasteiger partial charge >= 0.3 is 0 Å². The summed E-state index contributed by atoms with van der Waals surface area (Å²) >= 11 is 0. The minimum absolute atomic E-state index is 0.591. The predicted octanol–water partition coefficient (Wildman–Crippen LogP) is 1.59. The Balaban J connectivity index is 2.25. The Kier molecular flexibility index (Phi) is 2.32. The molecule has 0 aliphatic carbocycles. The van der Waals surface area contributed by atoms with Crippen LogP contribution in [0.5, 0.6) is 5.75 Å². The lowest BCUT2D eigenvalue weighted by molar-refractivity contribution is 0.357. The normalized spacial score (nSPS) is 14.5. The largest absolute Gasteiger partial charge is 0.493 e. The zero-order valence-electron chi connectivity index (χ0n) is 7.49. The van der Waals surface area contributed by atoms with Gasteiger partial charge in [0.1, 0.15) is 5.75 Å². The molecule has 0 saturated carbocycles. The molecule has 0 aromatic heterocycles. The molecule has 2 N–H and O–H groups in total. The van der Waals surface area contributed by atoms with E-state index in [9.17, 15) is 0 Å². The summed E-state index contributed by atoms with van der Waals surface area (Å²) in [6.45, 7) is 1.41. The van der Waals surface area contributed by atoms with Crippen molar-refractivity contribution in [1.82, 2.24) is 0 Å². The lowest BCUT2D eigenvalue weighted by atomic mass is 10.1. The lowest BCUT2D eigenvalue weighted by Gasteiger charge is -1.99. The number of fused-ring (bicyclic) bond motifs is 1. The lowest BCUT2D eigenvalue weighted by Crippen LogP contribution is -1.91. The number of benzene rings is 1. The van der Waals surface area contributed by atoms with Gasteiger partial charge in [-0.3, -0.25) is 0 Å². The molecule has 2 heteroatoms. The smallest absolute Gasteiger partial charge is 0.122 e. The average molecular weight is 175 g/mol. The van der Waals surface area contributed by atoms with Crippen LogP contribution in [0.15, 0.2) is 24.3 Å². The molecule has 0 saturated heterocycles. The summed E-state index contributed by atoms with van der Waals surface area (Å²) < 4.78 is 5.41. The first-order chi connectivity index (χ1) is 6.40. The third-order valence-electron chi connectivity index (χ3n) is 2.16. The van der Waals surface area contributed by atoms with Crippen molar-refractivity contribution in [2.24, 2.45) is 5.73 Å². The fourth-order valence-electron chi connectivity index (χ4n) is 1.51. The maximum Gasteiger partial charge on any atom is 0.122 e. The van der Waals surface area contributed by atoms with Gasteiger partial charge in [0.25, 0.3) is 0 Å². The fraction of sp³-hybridized carbons (Fsp3) is 0.273. The van der Waals surface area contributed by atoms with Gasteiger partial charge in [0.05, 0.1) is 6.61 Å². The van der Waals surface area contributed by atoms with Crippen LogP contribution in [0.3, 0.4) is 0 Å². The first kappa shape index (κ1) is 8.32. The highest BCUT2D eigenvalue weighted by Gasteiger charge is 2.10. The molecule has 1 aliphatic heterocycles. The molecule has 13 heavy (non-hydrogen) atoms. The maximum absolute atomic E-state index is 5.41. The van der Waals surface area contributed by atoms with Crippen LogP contribution in [0, 0.1) is 0 Å². The standard InChI is InChI=1S/C11H13NO/c12-6-1-2-9-3-4-11-10(8-9)5-7-13-11/h1-4,8H,5-7,12H2. The monoisotopic (exact) mass is 175 g/mol. The van der Waals surface area contributed by atoms with Crippen LogP contribution in [0.1, 0.15) is 11.1 Å². The number of hydrogen-bond donors (Lipinski definition) is 1. The molecular formula is C11H13NO. The molecule has 1 aromatic rings. The molecule has 2 rings (SSSR count). The van der Waals surface area contributed by atoms with Crippen molar-refractivity contribution in [1.29, 1.82) is 0 Å². The molecule has 0 atom stereocenters. The molecule has 0 unspecified atom stereocenters. The minimum Gasteiger partial charge on any atom is -0.493 e. The van der Waals surface area contributed by atoms with Crippen LogP contribution in [-0.4, -0.2) is 13.2 Å². The van der Waals surface area contributed by atoms with Gasteiger partial charge in [-0.25, -0.2) is 0 Å². The second-order valence-electron chi connectivity index (χ2n) is 3.10. The van der Waals surface area contributed by atoms with Crippen molar-refractivity contribution in [3.63, 3.8) is 0 Å². The Morgan fingerprint density at radius 1 is 1.46 bits per heavy atom. The van der Waals surface area contributed by atoms with Gasteiger partial charge in [0.2, 0.25) is 0 Å². The zero-order chi connectivity index (χ0) is 9.10. The van der Waals surface area contributed by atoms with E-state index in [1.807, 2.05) is 18.2 Å². The van der Waals surface area contributed by atoms with E-state index in [0.29, 0.717) is 6.54 Å². The number of ether oxygens (including phenoxy) is 1. The van der Waals surface area contributed by atoms with Crippen LogP contribution in [0.4, 0.5) is 0 Å². The van der Waals surface area contributed by atoms with E-state index in [2.05, 4.69) is 12.1 Å². The van der Waals surface area contributed by atoms with Gasteiger partial charge < -0.3 is 10.5 Å². The van der Waals surface area contributed by atoms with Gasteiger partial charge in [-0.05, 0) is 23.3 Å². The Labute approximate surface area is 78.0 Å². The summed E-state index contributed by atoms with van der Waals surface area (Å²) in [4.78, 5) is 0. The van der Waals surface area contributed by atoms with Crippen molar-refractivity contribution >= 4 is 6.08 Å².